The predicted molar refractivity (Wildman–Crippen MR) is 142 cm³/mol. The van der Waals surface area contributed by atoms with Crippen LogP contribution in [0.4, 0.5) is 8.78 Å². The van der Waals surface area contributed by atoms with Gasteiger partial charge in [-0.15, -0.1) is 11.3 Å². The summed E-state index contributed by atoms with van der Waals surface area (Å²) in [4.78, 5) is 1.59. The number of hydrogen-bond acceptors (Lipinski definition) is 2. The van der Waals surface area contributed by atoms with Crippen molar-refractivity contribution in [1.29, 1.82) is 0 Å². The van der Waals surface area contributed by atoms with Gasteiger partial charge >= 0.3 is 0 Å². The van der Waals surface area contributed by atoms with Gasteiger partial charge in [-0.1, -0.05) is 31.6 Å². The van der Waals surface area contributed by atoms with Gasteiger partial charge in [0.2, 0.25) is 0 Å². The second kappa shape index (κ2) is 11.2. The Balaban J connectivity index is 1.11. The lowest BCUT2D eigenvalue weighted by Gasteiger charge is -2.35. The van der Waals surface area contributed by atoms with E-state index in [9.17, 15) is 8.78 Å². The molecule has 0 amide bonds. The Morgan fingerprint density at radius 2 is 1.77 bits per heavy atom. The molecule has 1 fully saturated rings. The highest BCUT2D eigenvalue weighted by Gasteiger charge is 2.30. The Labute approximate surface area is 212 Å². The number of benzene rings is 2. The molecule has 186 valence electrons. The van der Waals surface area contributed by atoms with E-state index in [0.29, 0.717) is 12.4 Å². The van der Waals surface area contributed by atoms with Crippen LogP contribution >= 0.6 is 11.3 Å². The summed E-state index contributed by atoms with van der Waals surface area (Å²) in [5.74, 6) is 1.02. The highest BCUT2D eigenvalue weighted by atomic mass is 32.1. The Hall–Kier alpha value is -2.20. The van der Waals surface area contributed by atoms with E-state index in [4.69, 9.17) is 4.74 Å². The zero-order valence-electron chi connectivity index (χ0n) is 20.7. The minimum Gasteiger partial charge on any atom is -0.489 e. The highest BCUT2D eigenvalue weighted by Crippen LogP contribution is 2.45. The zero-order valence-corrected chi connectivity index (χ0v) is 21.5. The molecular weight excluding hydrogens is 458 g/mol. The monoisotopic (exact) mass is 494 g/mol. The molecule has 2 aromatic carbocycles. The molecule has 0 spiro atoms. The van der Waals surface area contributed by atoms with Crippen LogP contribution in [0.1, 0.15) is 81.1 Å². The quantitative estimate of drug-likeness (QED) is 0.283. The van der Waals surface area contributed by atoms with Crippen LogP contribution in [-0.2, 0) is 6.42 Å². The van der Waals surface area contributed by atoms with E-state index in [0.717, 1.165) is 42.7 Å². The molecule has 2 aliphatic rings. The molecule has 1 unspecified atom stereocenters. The van der Waals surface area contributed by atoms with E-state index in [-0.39, 0.29) is 0 Å². The average Bonchev–Trinajstić information content (AvgIpc) is 3.32. The summed E-state index contributed by atoms with van der Waals surface area (Å²) >= 11 is 2.03. The van der Waals surface area contributed by atoms with Crippen LogP contribution in [0.2, 0.25) is 0 Å². The summed E-state index contributed by atoms with van der Waals surface area (Å²) in [5, 5.41) is 1.42. The first kappa shape index (κ1) is 24.5. The molecule has 0 N–H and O–H groups in total. The van der Waals surface area contributed by atoms with Crippen molar-refractivity contribution in [3.8, 4) is 5.75 Å². The third-order valence-corrected chi connectivity index (χ3v) is 9.38. The van der Waals surface area contributed by atoms with Gasteiger partial charge in [0.05, 0.1) is 0 Å². The van der Waals surface area contributed by atoms with Crippen LogP contribution in [0, 0.1) is 23.5 Å². The number of hydrogen-bond donors (Lipinski definition) is 0. The SMILES string of the molecule is CCCCc1ccc2cc(C3CCC(C4CC=C(COc5ccc(F)c(F)c5)CC4)CC3)sc2c1. The molecule has 0 saturated heterocycles. The number of thiophene rings is 1. The minimum atomic E-state index is -0.858. The van der Waals surface area contributed by atoms with Crippen molar-refractivity contribution in [2.24, 2.45) is 11.8 Å². The maximum absolute atomic E-state index is 13.4. The van der Waals surface area contributed by atoms with Crippen LogP contribution in [0.3, 0.4) is 0 Å². The Bertz CT molecular complexity index is 1170. The van der Waals surface area contributed by atoms with Gasteiger partial charge in [-0.3, -0.25) is 0 Å². The second-order valence-corrected chi connectivity index (χ2v) is 11.6. The molecule has 1 nitrogen and oxygen atoms in total. The van der Waals surface area contributed by atoms with Gasteiger partial charge in [-0.05, 0) is 116 Å². The van der Waals surface area contributed by atoms with Gasteiger partial charge in [-0.2, -0.15) is 0 Å². The summed E-state index contributed by atoms with van der Waals surface area (Å²) in [7, 11) is 0. The van der Waals surface area contributed by atoms with Gasteiger partial charge in [-0.25, -0.2) is 8.78 Å². The molecule has 1 heterocycles. The number of fused-ring (bicyclic) bond motifs is 1. The number of rotatable bonds is 8. The van der Waals surface area contributed by atoms with Crippen LogP contribution < -0.4 is 4.74 Å². The Kier molecular flexibility index (Phi) is 7.87. The van der Waals surface area contributed by atoms with Crippen molar-refractivity contribution in [3.05, 3.63) is 76.2 Å². The van der Waals surface area contributed by atoms with E-state index < -0.39 is 11.6 Å². The van der Waals surface area contributed by atoms with Crippen molar-refractivity contribution in [2.75, 3.05) is 6.61 Å². The summed E-state index contributed by atoms with van der Waals surface area (Å²) in [6, 6.07) is 13.3. The molecule has 0 aliphatic heterocycles. The van der Waals surface area contributed by atoms with Crippen LogP contribution in [0.25, 0.3) is 10.1 Å². The third-order valence-electron chi connectivity index (χ3n) is 8.12. The first-order valence-corrected chi connectivity index (χ1v) is 14.2. The standard InChI is InChI=1S/C31H36F2OS/c1-2-3-4-21-5-10-26-18-31(35-30(26)17-21)25-13-11-24(12-14-25)23-8-6-22(7-9-23)20-34-27-15-16-28(32)29(33)19-27/h5-6,10,15-19,23-25H,2-4,7-9,11-14,20H2,1H3. The molecule has 0 bridgehead atoms. The van der Waals surface area contributed by atoms with Crippen LogP contribution in [0.15, 0.2) is 54.1 Å². The van der Waals surface area contributed by atoms with E-state index in [1.54, 1.807) is 4.88 Å². The average molecular weight is 495 g/mol. The maximum Gasteiger partial charge on any atom is 0.162 e. The fourth-order valence-corrected chi connectivity index (χ4v) is 7.22. The number of ether oxygens (including phenoxy) is 1. The maximum atomic E-state index is 13.4. The Morgan fingerprint density at radius 1 is 0.914 bits per heavy atom. The number of unbranched alkanes of at least 4 members (excludes halogenated alkanes) is 1. The molecule has 1 atom stereocenters. The van der Waals surface area contributed by atoms with E-state index >= 15 is 0 Å². The van der Waals surface area contributed by atoms with E-state index in [1.165, 1.54) is 78.7 Å². The lowest BCUT2D eigenvalue weighted by molar-refractivity contribution is 0.215. The largest absolute Gasteiger partial charge is 0.489 e. The Morgan fingerprint density at radius 3 is 2.51 bits per heavy atom. The minimum absolute atomic E-state index is 0.392. The lowest BCUT2D eigenvalue weighted by atomic mass is 9.71. The molecule has 1 saturated carbocycles. The summed E-state index contributed by atoms with van der Waals surface area (Å²) in [6.45, 7) is 2.73. The molecular formula is C31H36F2OS. The second-order valence-electron chi connectivity index (χ2n) is 10.5. The molecule has 2 aliphatic carbocycles. The first-order chi connectivity index (χ1) is 17.1. The normalized spacial score (nSPS) is 22.8. The van der Waals surface area contributed by atoms with Crippen molar-refractivity contribution >= 4 is 21.4 Å². The number of aryl methyl sites for hydroxylation is 1. The van der Waals surface area contributed by atoms with Gasteiger partial charge in [0, 0.05) is 15.6 Å². The topological polar surface area (TPSA) is 9.23 Å². The first-order valence-electron chi connectivity index (χ1n) is 13.4. The van der Waals surface area contributed by atoms with Crippen molar-refractivity contribution < 1.29 is 13.5 Å². The predicted octanol–water partition coefficient (Wildman–Crippen LogP) is 9.60. The number of halogens is 2. The molecule has 3 aromatic rings. The van der Waals surface area contributed by atoms with Crippen LogP contribution in [0.5, 0.6) is 5.75 Å². The van der Waals surface area contributed by atoms with Gasteiger partial charge in [0.25, 0.3) is 0 Å². The smallest absolute Gasteiger partial charge is 0.162 e. The molecule has 1 aromatic heterocycles. The fourth-order valence-electron chi connectivity index (χ4n) is 5.92. The van der Waals surface area contributed by atoms with E-state index in [2.05, 4.69) is 37.3 Å². The van der Waals surface area contributed by atoms with Crippen LogP contribution in [-0.4, -0.2) is 6.61 Å². The van der Waals surface area contributed by atoms with Gasteiger partial charge in [0.15, 0.2) is 11.6 Å². The molecule has 5 rings (SSSR count). The zero-order chi connectivity index (χ0) is 24.2. The van der Waals surface area contributed by atoms with Gasteiger partial charge in [0.1, 0.15) is 12.4 Å². The lowest BCUT2D eigenvalue weighted by Crippen LogP contribution is -2.23. The summed E-state index contributed by atoms with van der Waals surface area (Å²) in [5.41, 5.74) is 2.76. The summed E-state index contributed by atoms with van der Waals surface area (Å²) < 4.78 is 33.6. The van der Waals surface area contributed by atoms with E-state index in [1.807, 2.05) is 11.3 Å². The number of allylic oxidation sites excluding steroid dienone is 1. The van der Waals surface area contributed by atoms with Crippen molar-refractivity contribution in [2.45, 2.75) is 77.0 Å². The van der Waals surface area contributed by atoms with Gasteiger partial charge < -0.3 is 4.74 Å². The van der Waals surface area contributed by atoms with Crippen molar-refractivity contribution in [3.63, 3.8) is 0 Å². The highest BCUT2D eigenvalue weighted by molar-refractivity contribution is 7.19. The van der Waals surface area contributed by atoms with Crippen molar-refractivity contribution in [1.82, 2.24) is 0 Å². The third kappa shape index (κ3) is 5.97. The molecule has 35 heavy (non-hydrogen) atoms. The molecule has 4 heteroatoms. The fraction of sp³-hybridized carbons (Fsp3) is 0.484. The molecule has 0 radical (unpaired) electrons. The summed E-state index contributed by atoms with van der Waals surface area (Å²) in [6.07, 6.45) is 14.7.